The Kier molecular flexibility index (Phi) is 6.83. The van der Waals surface area contributed by atoms with E-state index in [2.05, 4.69) is 4.74 Å². The zero-order valence-corrected chi connectivity index (χ0v) is 11.5. The van der Waals surface area contributed by atoms with Gasteiger partial charge in [-0.3, -0.25) is 4.79 Å². The van der Waals surface area contributed by atoms with Crippen LogP contribution in [0.3, 0.4) is 0 Å². The number of carbonyl (C=O) groups is 1. The molecule has 0 saturated carbocycles. The molecule has 5 nitrogen and oxygen atoms in total. The molecule has 1 atom stereocenters. The highest BCUT2D eigenvalue weighted by atomic mass is 35.5. The third-order valence-electron chi connectivity index (χ3n) is 2.33. The lowest BCUT2D eigenvalue weighted by atomic mass is 10.0. The van der Waals surface area contributed by atoms with Crippen molar-refractivity contribution in [1.82, 2.24) is 0 Å². The van der Waals surface area contributed by atoms with Crippen LogP contribution in [-0.2, 0) is 9.53 Å². The minimum Gasteiger partial charge on any atom is -0.506 e. The minimum absolute atomic E-state index is 0. The highest BCUT2D eigenvalue weighted by Gasteiger charge is 2.21. The number of methoxy groups -OCH3 is 2. The molecular weight excluding hydrogens is 281 g/mol. The van der Waals surface area contributed by atoms with Crippen molar-refractivity contribution in [2.45, 2.75) is 12.5 Å². The van der Waals surface area contributed by atoms with E-state index in [-0.39, 0.29) is 29.6 Å². The fraction of sp³-hybridized carbons (Fsp3) is 0.364. The molecule has 0 radical (unpaired) electrons. The molecule has 0 unspecified atom stereocenters. The molecule has 0 heterocycles. The molecular formula is C11H15Cl2NO4. The van der Waals surface area contributed by atoms with Crippen molar-refractivity contribution in [3.05, 3.63) is 22.7 Å². The van der Waals surface area contributed by atoms with Crippen molar-refractivity contribution in [3.8, 4) is 11.5 Å². The van der Waals surface area contributed by atoms with E-state index in [1.165, 1.54) is 20.3 Å². The van der Waals surface area contributed by atoms with Crippen LogP contribution in [-0.4, -0.2) is 25.3 Å². The van der Waals surface area contributed by atoms with Gasteiger partial charge in [0.2, 0.25) is 0 Å². The van der Waals surface area contributed by atoms with E-state index in [0.717, 1.165) is 0 Å². The quantitative estimate of drug-likeness (QED) is 0.831. The highest BCUT2D eigenvalue weighted by Crippen LogP contribution is 2.38. The number of esters is 1. The molecule has 0 saturated heterocycles. The Labute approximate surface area is 116 Å². The normalized spacial score (nSPS) is 11.3. The second-order valence-electron chi connectivity index (χ2n) is 3.40. The van der Waals surface area contributed by atoms with E-state index in [0.29, 0.717) is 11.3 Å². The highest BCUT2D eigenvalue weighted by molar-refractivity contribution is 6.32. The molecule has 0 aliphatic carbocycles. The third-order valence-corrected chi connectivity index (χ3v) is 2.64. The summed E-state index contributed by atoms with van der Waals surface area (Å²) in [6.45, 7) is 0. The van der Waals surface area contributed by atoms with E-state index >= 15 is 0 Å². The molecule has 1 aromatic rings. The Hall–Kier alpha value is -1.17. The summed E-state index contributed by atoms with van der Waals surface area (Å²) >= 11 is 5.78. The molecule has 3 N–H and O–H groups in total. The number of phenols is 1. The van der Waals surface area contributed by atoms with Crippen LogP contribution in [0.25, 0.3) is 0 Å². The zero-order valence-electron chi connectivity index (χ0n) is 9.97. The molecule has 0 amide bonds. The van der Waals surface area contributed by atoms with Gasteiger partial charge >= 0.3 is 5.97 Å². The van der Waals surface area contributed by atoms with Crippen molar-refractivity contribution >= 4 is 30.0 Å². The maximum atomic E-state index is 11.1. The molecule has 18 heavy (non-hydrogen) atoms. The lowest BCUT2D eigenvalue weighted by molar-refractivity contribution is -0.141. The molecule has 0 bridgehead atoms. The van der Waals surface area contributed by atoms with Crippen molar-refractivity contribution in [3.63, 3.8) is 0 Å². The summed E-state index contributed by atoms with van der Waals surface area (Å²) in [5.74, 6) is -0.273. The fourth-order valence-corrected chi connectivity index (χ4v) is 1.63. The Morgan fingerprint density at radius 3 is 2.61 bits per heavy atom. The van der Waals surface area contributed by atoms with Gasteiger partial charge < -0.3 is 20.3 Å². The number of aromatic hydroxyl groups is 1. The van der Waals surface area contributed by atoms with Crippen LogP contribution in [0.4, 0.5) is 0 Å². The van der Waals surface area contributed by atoms with Crippen LogP contribution in [0.5, 0.6) is 11.5 Å². The first-order valence-electron chi connectivity index (χ1n) is 4.89. The van der Waals surface area contributed by atoms with E-state index in [4.69, 9.17) is 22.1 Å². The van der Waals surface area contributed by atoms with Crippen molar-refractivity contribution in [1.29, 1.82) is 0 Å². The minimum atomic E-state index is -0.740. The number of nitrogens with two attached hydrogens (primary N) is 1. The van der Waals surface area contributed by atoms with Gasteiger partial charge in [-0.1, -0.05) is 11.6 Å². The molecule has 0 aliphatic rings. The van der Waals surface area contributed by atoms with Gasteiger partial charge in [-0.2, -0.15) is 0 Å². The van der Waals surface area contributed by atoms with E-state index in [1.54, 1.807) is 6.07 Å². The fourth-order valence-electron chi connectivity index (χ4n) is 1.46. The summed E-state index contributed by atoms with van der Waals surface area (Å²) in [5.41, 5.74) is 6.11. The average molecular weight is 296 g/mol. The smallest absolute Gasteiger partial charge is 0.307 e. The molecule has 0 aromatic heterocycles. The monoisotopic (exact) mass is 295 g/mol. The lowest BCUT2D eigenvalue weighted by Crippen LogP contribution is -2.17. The number of rotatable bonds is 4. The largest absolute Gasteiger partial charge is 0.506 e. The van der Waals surface area contributed by atoms with Crippen molar-refractivity contribution in [2.75, 3.05) is 14.2 Å². The van der Waals surface area contributed by atoms with Gasteiger partial charge in [-0.25, -0.2) is 0 Å². The average Bonchev–Trinajstić information content (AvgIpc) is 2.31. The molecule has 0 aliphatic heterocycles. The predicted molar refractivity (Wildman–Crippen MR) is 70.5 cm³/mol. The van der Waals surface area contributed by atoms with Gasteiger partial charge in [0.1, 0.15) is 11.5 Å². The number of hydrogen-bond acceptors (Lipinski definition) is 5. The third kappa shape index (κ3) is 3.66. The SMILES string of the molecule is COC(=O)C[C@@H](N)c1c(OC)ccc(Cl)c1O.Cl. The summed E-state index contributed by atoms with van der Waals surface area (Å²) in [5, 5.41) is 9.98. The lowest BCUT2D eigenvalue weighted by Gasteiger charge is -2.16. The number of carbonyl (C=O) groups excluding carboxylic acids is 1. The predicted octanol–water partition coefficient (Wildman–Crippen LogP) is 2.04. The summed E-state index contributed by atoms with van der Waals surface area (Å²) in [7, 11) is 2.71. The summed E-state index contributed by atoms with van der Waals surface area (Å²) in [6, 6.07) is 2.33. The van der Waals surface area contributed by atoms with Crippen LogP contribution < -0.4 is 10.5 Å². The standard InChI is InChI=1S/C11H14ClNO4.ClH/c1-16-8-4-3-6(12)11(15)10(8)7(13)5-9(14)17-2;/h3-4,7,15H,5,13H2,1-2H3;1H/t7-;/m1./s1. The van der Waals surface area contributed by atoms with Gasteiger partial charge in [0.05, 0.1) is 31.2 Å². The van der Waals surface area contributed by atoms with Crippen molar-refractivity contribution in [2.24, 2.45) is 5.73 Å². The van der Waals surface area contributed by atoms with Crippen LogP contribution in [0.1, 0.15) is 18.0 Å². The van der Waals surface area contributed by atoms with Crippen LogP contribution in [0.15, 0.2) is 12.1 Å². The first-order chi connectivity index (χ1) is 8.01. The van der Waals surface area contributed by atoms with Gasteiger partial charge in [0.15, 0.2) is 0 Å². The Bertz CT molecular complexity index is 426. The Balaban J connectivity index is 0.00000289. The van der Waals surface area contributed by atoms with E-state index in [9.17, 15) is 9.90 Å². The van der Waals surface area contributed by atoms with E-state index < -0.39 is 12.0 Å². The first-order valence-corrected chi connectivity index (χ1v) is 5.26. The Morgan fingerprint density at radius 2 is 2.11 bits per heavy atom. The molecule has 0 fully saturated rings. The van der Waals surface area contributed by atoms with Gasteiger partial charge in [0.25, 0.3) is 0 Å². The van der Waals surface area contributed by atoms with Gasteiger partial charge in [-0.15, -0.1) is 12.4 Å². The second-order valence-corrected chi connectivity index (χ2v) is 3.81. The second kappa shape index (κ2) is 7.31. The summed E-state index contributed by atoms with van der Waals surface area (Å²) in [6.07, 6.45) is -0.0687. The topological polar surface area (TPSA) is 81.8 Å². The summed E-state index contributed by atoms with van der Waals surface area (Å²) < 4.78 is 9.58. The number of halogens is 2. The molecule has 7 heteroatoms. The first kappa shape index (κ1) is 16.8. The molecule has 1 rings (SSSR count). The molecule has 0 spiro atoms. The number of benzene rings is 1. The van der Waals surface area contributed by atoms with Crippen molar-refractivity contribution < 1.29 is 19.4 Å². The molecule has 1 aromatic carbocycles. The van der Waals surface area contributed by atoms with Gasteiger partial charge in [-0.05, 0) is 12.1 Å². The maximum Gasteiger partial charge on any atom is 0.307 e. The van der Waals surface area contributed by atoms with E-state index in [1.807, 2.05) is 0 Å². The van der Waals surface area contributed by atoms with Crippen LogP contribution >= 0.6 is 24.0 Å². The van der Waals surface area contributed by atoms with Crippen LogP contribution in [0.2, 0.25) is 5.02 Å². The molecule has 102 valence electrons. The Morgan fingerprint density at radius 1 is 1.50 bits per heavy atom. The summed E-state index contributed by atoms with van der Waals surface area (Å²) in [4.78, 5) is 11.1. The zero-order chi connectivity index (χ0) is 13.0. The number of phenolic OH excluding ortho intramolecular Hbond substituents is 1. The number of ether oxygens (including phenoxy) is 2. The maximum absolute atomic E-state index is 11.1. The van der Waals surface area contributed by atoms with Gasteiger partial charge in [0, 0.05) is 6.04 Å². The number of hydrogen-bond donors (Lipinski definition) is 2. The van der Waals surface area contributed by atoms with Crippen LogP contribution in [0, 0.1) is 0 Å².